The summed E-state index contributed by atoms with van der Waals surface area (Å²) in [4.78, 5) is 8.10. The Kier molecular flexibility index (Phi) is 2.71. The van der Waals surface area contributed by atoms with Crippen LogP contribution in [-0.2, 0) is 0 Å². The Bertz CT molecular complexity index is 467. The van der Waals surface area contributed by atoms with Gasteiger partial charge in [0.2, 0.25) is 0 Å². The average molecular weight is 369 g/mol. The van der Waals surface area contributed by atoms with E-state index in [0.717, 1.165) is 18.9 Å². The fourth-order valence-electron chi connectivity index (χ4n) is 1.07. The molecule has 0 radical (unpaired) electrons. The first kappa shape index (κ1) is 9.61. The highest BCUT2D eigenvalue weighted by molar-refractivity contribution is 14.1. The van der Waals surface area contributed by atoms with Gasteiger partial charge in [-0.1, -0.05) is 11.6 Å². The molecule has 0 bridgehead atoms. The molecule has 13 heavy (non-hydrogen) atoms. The summed E-state index contributed by atoms with van der Waals surface area (Å²) in [7, 11) is 0. The molecule has 5 heteroatoms. The summed E-state index contributed by atoms with van der Waals surface area (Å²) < 4.78 is 1.99. The Morgan fingerprint density at radius 1 is 1.31 bits per heavy atom. The molecule has 0 saturated carbocycles. The van der Waals surface area contributed by atoms with Crippen LogP contribution in [0.2, 0.25) is 5.15 Å². The number of aromatic nitrogens is 2. The largest absolute Gasteiger partial charge is 0.235 e. The van der Waals surface area contributed by atoms with Gasteiger partial charge in [0.25, 0.3) is 0 Å². The fraction of sp³-hybridized carbons (Fsp3) is 0. The lowest BCUT2D eigenvalue weighted by atomic mass is 10.2. The second-order valence-corrected chi connectivity index (χ2v) is 4.79. The summed E-state index contributed by atoms with van der Waals surface area (Å²) in [5, 5.41) is 1.35. The van der Waals surface area contributed by atoms with Gasteiger partial charge in [-0.3, -0.25) is 0 Å². The first-order valence-electron chi connectivity index (χ1n) is 3.44. The minimum atomic E-state index is 0.482. The van der Waals surface area contributed by atoms with E-state index in [9.17, 15) is 0 Å². The molecule has 0 unspecified atom stereocenters. The zero-order chi connectivity index (χ0) is 9.42. The molecule has 0 fully saturated rings. The van der Waals surface area contributed by atoms with Crippen molar-refractivity contribution in [3.8, 4) is 0 Å². The van der Waals surface area contributed by atoms with E-state index < -0.39 is 0 Å². The van der Waals surface area contributed by atoms with Crippen LogP contribution < -0.4 is 0 Å². The molecule has 2 rings (SSSR count). The van der Waals surface area contributed by atoms with Gasteiger partial charge in [-0.15, -0.1) is 0 Å². The van der Waals surface area contributed by atoms with Crippen molar-refractivity contribution in [2.45, 2.75) is 0 Å². The number of hydrogen-bond donors (Lipinski definition) is 0. The highest BCUT2D eigenvalue weighted by Crippen LogP contribution is 2.30. The van der Waals surface area contributed by atoms with Crippen molar-refractivity contribution in [3.05, 3.63) is 31.7 Å². The topological polar surface area (TPSA) is 25.8 Å². The minimum Gasteiger partial charge on any atom is -0.235 e. The predicted octanol–water partition coefficient (Wildman–Crippen LogP) is 3.65. The van der Waals surface area contributed by atoms with Crippen molar-refractivity contribution in [3.63, 3.8) is 0 Å². The maximum absolute atomic E-state index is 5.95. The molecule has 0 amide bonds. The molecular weight excluding hydrogens is 366 g/mol. The molecule has 66 valence electrons. The van der Waals surface area contributed by atoms with Crippen molar-refractivity contribution >= 4 is 61.0 Å². The SMILES string of the molecule is Clc1ncnc2c(I)ccc(Br)c12. The second-order valence-electron chi connectivity index (χ2n) is 2.42. The third-order valence-electron chi connectivity index (χ3n) is 1.64. The zero-order valence-electron chi connectivity index (χ0n) is 6.26. The average Bonchev–Trinajstić information content (AvgIpc) is 2.12. The molecular formula is C8H3BrClIN2. The van der Waals surface area contributed by atoms with Gasteiger partial charge < -0.3 is 0 Å². The molecule has 1 heterocycles. The lowest BCUT2D eigenvalue weighted by molar-refractivity contribution is 1.22. The highest BCUT2D eigenvalue weighted by Gasteiger charge is 2.07. The molecule has 0 atom stereocenters. The number of hydrogen-bond acceptors (Lipinski definition) is 2. The van der Waals surface area contributed by atoms with E-state index in [0.29, 0.717) is 5.15 Å². The Labute approximate surface area is 102 Å². The van der Waals surface area contributed by atoms with Crippen LogP contribution in [0.5, 0.6) is 0 Å². The van der Waals surface area contributed by atoms with Gasteiger partial charge in [-0.25, -0.2) is 9.97 Å². The Morgan fingerprint density at radius 2 is 2.08 bits per heavy atom. The molecule has 0 aliphatic heterocycles. The zero-order valence-corrected chi connectivity index (χ0v) is 10.8. The smallest absolute Gasteiger partial charge is 0.141 e. The quantitative estimate of drug-likeness (QED) is 0.523. The molecule has 0 aliphatic rings. The number of rotatable bonds is 0. The lowest BCUT2D eigenvalue weighted by Gasteiger charge is -2.02. The summed E-state index contributed by atoms with van der Waals surface area (Å²) >= 11 is 11.6. The van der Waals surface area contributed by atoms with E-state index in [1.165, 1.54) is 6.33 Å². The van der Waals surface area contributed by atoms with Crippen molar-refractivity contribution in [1.29, 1.82) is 0 Å². The summed E-state index contributed by atoms with van der Waals surface area (Å²) in [6.45, 7) is 0. The van der Waals surface area contributed by atoms with Crippen LogP contribution in [0.1, 0.15) is 0 Å². The van der Waals surface area contributed by atoms with Gasteiger partial charge in [0, 0.05) is 8.04 Å². The number of fused-ring (bicyclic) bond motifs is 1. The second kappa shape index (κ2) is 3.67. The van der Waals surface area contributed by atoms with Crippen LogP contribution in [-0.4, -0.2) is 9.97 Å². The predicted molar refractivity (Wildman–Crippen MR) is 65.0 cm³/mol. The summed E-state index contributed by atoms with van der Waals surface area (Å²) in [5.74, 6) is 0. The molecule has 1 aromatic carbocycles. The van der Waals surface area contributed by atoms with Crippen molar-refractivity contribution < 1.29 is 0 Å². The fourth-order valence-corrected chi connectivity index (χ4v) is 2.51. The maximum Gasteiger partial charge on any atom is 0.141 e. The van der Waals surface area contributed by atoms with E-state index in [2.05, 4.69) is 48.5 Å². The molecule has 0 N–H and O–H groups in total. The first-order valence-corrected chi connectivity index (χ1v) is 5.69. The number of benzene rings is 1. The maximum atomic E-state index is 5.95. The molecule has 0 spiro atoms. The summed E-state index contributed by atoms with van der Waals surface area (Å²) in [6, 6.07) is 3.93. The van der Waals surface area contributed by atoms with Gasteiger partial charge in [0.1, 0.15) is 11.5 Å². The molecule has 1 aromatic heterocycles. The van der Waals surface area contributed by atoms with E-state index in [1.54, 1.807) is 0 Å². The molecule has 2 nitrogen and oxygen atoms in total. The van der Waals surface area contributed by atoms with Crippen LogP contribution in [0.3, 0.4) is 0 Å². The Balaban J connectivity index is 3.00. The van der Waals surface area contributed by atoms with Gasteiger partial charge in [-0.05, 0) is 50.7 Å². The van der Waals surface area contributed by atoms with E-state index >= 15 is 0 Å². The van der Waals surface area contributed by atoms with Gasteiger partial charge >= 0.3 is 0 Å². The summed E-state index contributed by atoms with van der Waals surface area (Å²) in [5.41, 5.74) is 0.884. The Morgan fingerprint density at radius 3 is 2.77 bits per heavy atom. The number of halogens is 3. The van der Waals surface area contributed by atoms with E-state index in [4.69, 9.17) is 11.6 Å². The highest BCUT2D eigenvalue weighted by atomic mass is 127. The lowest BCUT2D eigenvalue weighted by Crippen LogP contribution is -1.87. The van der Waals surface area contributed by atoms with Crippen LogP contribution in [0.4, 0.5) is 0 Å². The Hall–Kier alpha value is 0.0600. The number of nitrogens with zero attached hydrogens (tertiary/aromatic N) is 2. The van der Waals surface area contributed by atoms with Crippen molar-refractivity contribution in [1.82, 2.24) is 9.97 Å². The standard InChI is InChI=1S/C8H3BrClIN2/c9-4-1-2-5(11)7-6(4)8(10)13-3-12-7/h1-3H. The van der Waals surface area contributed by atoms with Crippen LogP contribution in [0.25, 0.3) is 10.9 Å². The van der Waals surface area contributed by atoms with Crippen LogP contribution >= 0.6 is 50.1 Å². The normalized spacial score (nSPS) is 10.7. The monoisotopic (exact) mass is 368 g/mol. The first-order chi connectivity index (χ1) is 6.20. The van der Waals surface area contributed by atoms with E-state index in [1.807, 2.05) is 12.1 Å². The molecule has 0 saturated heterocycles. The van der Waals surface area contributed by atoms with Crippen molar-refractivity contribution in [2.24, 2.45) is 0 Å². The third kappa shape index (κ3) is 1.67. The van der Waals surface area contributed by atoms with Gasteiger partial charge in [0.15, 0.2) is 0 Å². The van der Waals surface area contributed by atoms with Crippen molar-refractivity contribution in [2.75, 3.05) is 0 Å². The minimum absolute atomic E-state index is 0.482. The van der Waals surface area contributed by atoms with Gasteiger partial charge in [0.05, 0.1) is 10.9 Å². The van der Waals surface area contributed by atoms with Gasteiger partial charge in [-0.2, -0.15) is 0 Å². The van der Waals surface area contributed by atoms with Crippen LogP contribution in [0, 0.1) is 3.57 Å². The van der Waals surface area contributed by atoms with Crippen LogP contribution in [0.15, 0.2) is 22.9 Å². The molecule has 2 aromatic rings. The molecule has 0 aliphatic carbocycles. The summed E-state index contributed by atoms with van der Waals surface area (Å²) in [6.07, 6.45) is 1.47. The third-order valence-corrected chi connectivity index (χ3v) is 3.46. The van der Waals surface area contributed by atoms with E-state index in [-0.39, 0.29) is 0 Å².